The standard InChI is InChI=1S/C15H22FNO2/c1-19-14-7-6-12(15(16)9-14)10-17-8-4-2-3-5-13(17)11-18/h6-7,9,13,18H,2-5,8,10-11H2,1H3. The average molecular weight is 267 g/mol. The molecule has 19 heavy (non-hydrogen) atoms. The second-order valence-corrected chi connectivity index (χ2v) is 5.11. The largest absolute Gasteiger partial charge is 0.497 e. The third kappa shape index (κ3) is 3.67. The highest BCUT2D eigenvalue weighted by molar-refractivity contribution is 5.28. The van der Waals surface area contributed by atoms with Gasteiger partial charge in [-0.05, 0) is 25.5 Å². The van der Waals surface area contributed by atoms with Crippen molar-refractivity contribution in [3.63, 3.8) is 0 Å². The Morgan fingerprint density at radius 3 is 2.89 bits per heavy atom. The first-order valence-corrected chi connectivity index (χ1v) is 6.92. The van der Waals surface area contributed by atoms with E-state index in [0.717, 1.165) is 25.8 Å². The van der Waals surface area contributed by atoms with E-state index in [0.29, 0.717) is 17.9 Å². The van der Waals surface area contributed by atoms with Crippen LogP contribution in [0.1, 0.15) is 31.2 Å². The van der Waals surface area contributed by atoms with Gasteiger partial charge in [0.2, 0.25) is 0 Å². The summed E-state index contributed by atoms with van der Waals surface area (Å²) in [5, 5.41) is 9.46. The Labute approximate surface area is 114 Å². The molecule has 1 saturated heterocycles. The van der Waals surface area contributed by atoms with E-state index < -0.39 is 0 Å². The number of aliphatic hydroxyl groups is 1. The van der Waals surface area contributed by atoms with Crippen LogP contribution in [0, 0.1) is 5.82 Å². The molecule has 1 atom stereocenters. The fraction of sp³-hybridized carbons (Fsp3) is 0.600. The number of benzene rings is 1. The molecule has 1 heterocycles. The number of ether oxygens (including phenoxy) is 1. The fourth-order valence-electron chi connectivity index (χ4n) is 2.65. The Morgan fingerprint density at radius 2 is 2.21 bits per heavy atom. The van der Waals surface area contributed by atoms with Gasteiger partial charge in [0.25, 0.3) is 0 Å². The number of halogens is 1. The molecule has 1 aromatic rings. The highest BCUT2D eigenvalue weighted by Gasteiger charge is 2.21. The van der Waals surface area contributed by atoms with E-state index in [9.17, 15) is 9.50 Å². The number of nitrogens with zero attached hydrogens (tertiary/aromatic N) is 1. The second-order valence-electron chi connectivity index (χ2n) is 5.11. The van der Waals surface area contributed by atoms with Gasteiger partial charge in [0, 0.05) is 24.2 Å². The van der Waals surface area contributed by atoms with Crippen LogP contribution in [-0.4, -0.2) is 36.3 Å². The van der Waals surface area contributed by atoms with Crippen LogP contribution in [0.3, 0.4) is 0 Å². The molecule has 4 heteroatoms. The van der Waals surface area contributed by atoms with Crippen molar-refractivity contribution in [3.05, 3.63) is 29.6 Å². The zero-order valence-corrected chi connectivity index (χ0v) is 11.4. The first-order chi connectivity index (χ1) is 9.24. The van der Waals surface area contributed by atoms with Gasteiger partial charge in [-0.25, -0.2) is 4.39 Å². The normalized spacial score (nSPS) is 21.1. The Balaban J connectivity index is 2.09. The summed E-state index contributed by atoms with van der Waals surface area (Å²) in [5.74, 6) is 0.302. The molecule has 0 saturated carbocycles. The van der Waals surface area contributed by atoms with E-state index in [2.05, 4.69) is 4.90 Å². The van der Waals surface area contributed by atoms with Crippen molar-refractivity contribution >= 4 is 0 Å². The van der Waals surface area contributed by atoms with Crippen molar-refractivity contribution in [1.82, 2.24) is 4.90 Å². The summed E-state index contributed by atoms with van der Waals surface area (Å²) in [4.78, 5) is 2.19. The number of aliphatic hydroxyl groups excluding tert-OH is 1. The molecule has 0 amide bonds. The lowest BCUT2D eigenvalue weighted by Crippen LogP contribution is -2.37. The summed E-state index contributed by atoms with van der Waals surface area (Å²) in [6, 6.07) is 5.13. The van der Waals surface area contributed by atoms with Gasteiger partial charge in [0.05, 0.1) is 13.7 Å². The SMILES string of the molecule is COc1ccc(CN2CCCCCC2CO)c(F)c1. The fourth-order valence-corrected chi connectivity index (χ4v) is 2.65. The van der Waals surface area contributed by atoms with Crippen LogP contribution in [0.25, 0.3) is 0 Å². The van der Waals surface area contributed by atoms with Gasteiger partial charge in [-0.15, -0.1) is 0 Å². The predicted molar refractivity (Wildman–Crippen MR) is 72.7 cm³/mol. The average Bonchev–Trinajstić information content (AvgIpc) is 2.66. The summed E-state index contributed by atoms with van der Waals surface area (Å²) in [7, 11) is 1.53. The summed E-state index contributed by atoms with van der Waals surface area (Å²) in [6.45, 7) is 1.63. The monoisotopic (exact) mass is 267 g/mol. The highest BCUT2D eigenvalue weighted by Crippen LogP contribution is 2.22. The maximum absolute atomic E-state index is 14.0. The number of hydrogen-bond acceptors (Lipinski definition) is 3. The molecule has 106 valence electrons. The first-order valence-electron chi connectivity index (χ1n) is 6.92. The third-order valence-electron chi connectivity index (χ3n) is 3.84. The smallest absolute Gasteiger partial charge is 0.131 e. The lowest BCUT2D eigenvalue weighted by Gasteiger charge is -2.28. The van der Waals surface area contributed by atoms with Crippen molar-refractivity contribution < 1.29 is 14.2 Å². The van der Waals surface area contributed by atoms with Crippen molar-refractivity contribution in [2.24, 2.45) is 0 Å². The highest BCUT2D eigenvalue weighted by atomic mass is 19.1. The van der Waals surface area contributed by atoms with Gasteiger partial charge in [0.1, 0.15) is 11.6 Å². The van der Waals surface area contributed by atoms with Crippen molar-refractivity contribution in [1.29, 1.82) is 0 Å². The molecular weight excluding hydrogens is 245 g/mol. The summed E-state index contributed by atoms with van der Waals surface area (Å²) >= 11 is 0. The van der Waals surface area contributed by atoms with Gasteiger partial charge in [0.15, 0.2) is 0 Å². The molecule has 0 aromatic heterocycles. The van der Waals surface area contributed by atoms with Crippen LogP contribution in [0.15, 0.2) is 18.2 Å². The van der Waals surface area contributed by atoms with E-state index in [1.165, 1.54) is 19.6 Å². The Hall–Kier alpha value is -1.13. The maximum Gasteiger partial charge on any atom is 0.131 e. The number of methoxy groups -OCH3 is 1. The number of likely N-dealkylation sites (tertiary alicyclic amines) is 1. The second kappa shape index (κ2) is 6.87. The Kier molecular flexibility index (Phi) is 5.16. The van der Waals surface area contributed by atoms with E-state index in [1.54, 1.807) is 12.1 Å². The molecule has 2 rings (SSSR count). The molecule has 1 aliphatic rings. The van der Waals surface area contributed by atoms with Gasteiger partial charge in [-0.3, -0.25) is 4.90 Å². The number of hydrogen-bond donors (Lipinski definition) is 1. The third-order valence-corrected chi connectivity index (χ3v) is 3.84. The molecule has 0 bridgehead atoms. The molecule has 1 N–H and O–H groups in total. The molecule has 1 aliphatic heterocycles. The van der Waals surface area contributed by atoms with Crippen molar-refractivity contribution in [2.45, 2.75) is 38.3 Å². The molecule has 1 fully saturated rings. The molecule has 0 spiro atoms. The van der Waals surface area contributed by atoms with Crippen molar-refractivity contribution in [3.8, 4) is 5.75 Å². The summed E-state index contributed by atoms with van der Waals surface area (Å²) in [6.07, 6.45) is 4.45. The van der Waals surface area contributed by atoms with Crippen LogP contribution < -0.4 is 4.74 Å². The molecule has 0 radical (unpaired) electrons. The minimum atomic E-state index is -0.236. The van der Waals surface area contributed by atoms with Crippen LogP contribution in [0.2, 0.25) is 0 Å². The topological polar surface area (TPSA) is 32.7 Å². The minimum Gasteiger partial charge on any atom is -0.497 e. The molecular formula is C15H22FNO2. The molecule has 1 unspecified atom stereocenters. The zero-order valence-electron chi connectivity index (χ0n) is 11.4. The quantitative estimate of drug-likeness (QED) is 0.910. The van der Waals surface area contributed by atoms with E-state index in [1.807, 2.05) is 0 Å². The molecule has 1 aromatic carbocycles. The van der Waals surface area contributed by atoms with Crippen molar-refractivity contribution in [2.75, 3.05) is 20.3 Å². The Bertz CT molecular complexity index is 411. The van der Waals surface area contributed by atoms with Crippen LogP contribution >= 0.6 is 0 Å². The van der Waals surface area contributed by atoms with E-state index in [-0.39, 0.29) is 18.5 Å². The van der Waals surface area contributed by atoms with Crippen LogP contribution in [0.4, 0.5) is 4.39 Å². The van der Waals surface area contributed by atoms with E-state index >= 15 is 0 Å². The van der Waals surface area contributed by atoms with Gasteiger partial charge in [-0.2, -0.15) is 0 Å². The minimum absolute atomic E-state index is 0.151. The number of rotatable bonds is 4. The molecule has 0 aliphatic carbocycles. The lowest BCUT2D eigenvalue weighted by molar-refractivity contribution is 0.117. The van der Waals surface area contributed by atoms with Gasteiger partial charge >= 0.3 is 0 Å². The van der Waals surface area contributed by atoms with Gasteiger partial charge in [-0.1, -0.05) is 18.9 Å². The summed E-state index contributed by atoms with van der Waals surface area (Å²) < 4.78 is 19.0. The molecule has 3 nitrogen and oxygen atoms in total. The lowest BCUT2D eigenvalue weighted by atomic mass is 10.1. The Morgan fingerprint density at radius 1 is 1.37 bits per heavy atom. The first kappa shape index (κ1) is 14.3. The zero-order chi connectivity index (χ0) is 13.7. The maximum atomic E-state index is 14.0. The van der Waals surface area contributed by atoms with Gasteiger partial charge < -0.3 is 9.84 Å². The predicted octanol–water partition coefficient (Wildman–Crippen LogP) is 2.57. The van der Waals surface area contributed by atoms with Crippen LogP contribution in [-0.2, 0) is 6.54 Å². The van der Waals surface area contributed by atoms with Crippen LogP contribution in [0.5, 0.6) is 5.75 Å². The van der Waals surface area contributed by atoms with E-state index in [4.69, 9.17) is 4.74 Å². The summed E-state index contributed by atoms with van der Waals surface area (Å²) in [5.41, 5.74) is 0.668.